The lowest BCUT2D eigenvalue weighted by Gasteiger charge is -1.96. The smallest absolute Gasteiger partial charge is 0.183 e. The van der Waals surface area contributed by atoms with Crippen LogP contribution in [0.15, 0.2) is 11.6 Å². The molecule has 0 amide bonds. The van der Waals surface area contributed by atoms with Crippen LogP contribution in [0.25, 0.3) is 0 Å². The number of rotatable bonds is 3. The van der Waals surface area contributed by atoms with Crippen molar-refractivity contribution in [3.63, 3.8) is 0 Å². The average molecular weight is 212 g/mol. The van der Waals surface area contributed by atoms with Gasteiger partial charge in [-0.3, -0.25) is 0 Å². The van der Waals surface area contributed by atoms with Gasteiger partial charge in [-0.05, 0) is 18.5 Å². The number of nitrogens with one attached hydrogen (secondary N) is 1. The third kappa shape index (κ3) is 2.22. The molecular weight excluding hydrogens is 204 g/mol. The maximum Gasteiger partial charge on any atom is 0.183 e. The molecule has 4 nitrogen and oxygen atoms in total. The minimum atomic E-state index is 0.755. The van der Waals surface area contributed by atoms with Crippen LogP contribution in [0.5, 0.6) is 0 Å². The maximum absolute atomic E-state index is 4.28. The predicted octanol–water partition coefficient (Wildman–Crippen LogP) is 1.92. The number of hydrogen-bond acceptors (Lipinski definition) is 6. The summed E-state index contributed by atoms with van der Waals surface area (Å²) in [5.41, 5.74) is 1.05. The van der Waals surface area contributed by atoms with E-state index in [4.69, 9.17) is 0 Å². The van der Waals surface area contributed by atoms with Gasteiger partial charge in [-0.15, -0.1) is 16.4 Å². The van der Waals surface area contributed by atoms with E-state index in [0.717, 1.165) is 22.2 Å². The summed E-state index contributed by atoms with van der Waals surface area (Å²) in [5, 5.41) is 9.93. The molecule has 1 N–H and O–H groups in total. The number of aryl methyl sites for hydroxylation is 1. The van der Waals surface area contributed by atoms with E-state index in [2.05, 4.69) is 19.9 Å². The Labute approximate surface area is 83.8 Å². The summed E-state index contributed by atoms with van der Waals surface area (Å²) in [6.07, 6.45) is 1.76. The van der Waals surface area contributed by atoms with E-state index in [9.17, 15) is 0 Å². The summed E-state index contributed by atoms with van der Waals surface area (Å²) < 4.78 is 3.77. The Bertz CT molecular complexity index is 368. The molecule has 0 unspecified atom stereocenters. The van der Waals surface area contributed by atoms with Crippen molar-refractivity contribution in [2.24, 2.45) is 0 Å². The van der Waals surface area contributed by atoms with Gasteiger partial charge in [0.2, 0.25) is 0 Å². The van der Waals surface area contributed by atoms with Crippen molar-refractivity contribution in [2.45, 2.75) is 13.5 Å². The fourth-order valence-electron chi connectivity index (χ4n) is 0.863. The molecule has 0 saturated heterocycles. The van der Waals surface area contributed by atoms with Gasteiger partial charge in [0.05, 0.1) is 23.3 Å². The van der Waals surface area contributed by atoms with Gasteiger partial charge in [-0.1, -0.05) is 4.49 Å². The molecular formula is C7H8N4S2. The number of aromatic nitrogens is 3. The second kappa shape index (κ2) is 3.80. The normalized spacial score (nSPS) is 10.2. The van der Waals surface area contributed by atoms with Crippen molar-refractivity contribution in [3.05, 3.63) is 22.1 Å². The zero-order valence-corrected chi connectivity index (χ0v) is 8.65. The second-order valence-electron chi connectivity index (χ2n) is 2.53. The summed E-state index contributed by atoms with van der Waals surface area (Å²) in [5.74, 6) is 0. The van der Waals surface area contributed by atoms with Gasteiger partial charge in [-0.25, -0.2) is 4.98 Å². The minimum Gasteiger partial charge on any atom is -0.356 e. The number of thiazole rings is 1. The number of nitrogens with zero attached hydrogens (tertiary/aromatic N) is 3. The van der Waals surface area contributed by atoms with Crippen molar-refractivity contribution in [2.75, 3.05) is 5.32 Å². The van der Waals surface area contributed by atoms with Crippen LogP contribution < -0.4 is 5.32 Å². The molecule has 2 aromatic heterocycles. The van der Waals surface area contributed by atoms with Crippen molar-refractivity contribution in [3.8, 4) is 0 Å². The van der Waals surface area contributed by atoms with Crippen LogP contribution >= 0.6 is 22.9 Å². The van der Waals surface area contributed by atoms with Crippen LogP contribution in [0.4, 0.5) is 5.13 Å². The first kappa shape index (κ1) is 8.58. The van der Waals surface area contributed by atoms with Gasteiger partial charge >= 0.3 is 0 Å². The quantitative estimate of drug-likeness (QED) is 0.844. The molecule has 13 heavy (non-hydrogen) atoms. The molecule has 2 aromatic rings. The molecule has 0 fully saturated rings. The molecule has 0 aromatic carbocycles. The van der Waals surface area contributed by atoms with Crippen molar-refractivity contribution in [1.29, 1.82) is 0 Å². The molecule has 0 aliphatic rings. The highest BCUT2D eigenvalue weighted by molar-refractivity contribution is 7.13. The van der Waals surface area contributed by atoms with Crippen molar-refractivity contribution < 1.29 is 0 Å². The second-order valence-corrected chi connectivity index (χ2v) is 4.26. The van der Waals surface area contributed by atoms with E-state index in [1.54, 1.807) is 17.5 Å². The Hall–Kier alpha value is -1.01. The average Bonchev–Trinajstić information content (AvgIpc) is 2.71. The first-order valence-electron chi connectivity index (χ1n) is 3.77. The highest BCUT2D eigenvalue weighted by atomic mass is 32.1. The fraction of sp³-hybridized carbons (Fsp3) is 0.286. The minimum absolute atomic E-state index is 0.755. The molecule has 0 aliphatic carbocycles. The SMILES string of the molecule is Cc1csc(NCc2cnns2)n1. The molecule has 6 heteroatoms. The topological polar surface area (TPSA) is 50.7 Å². The highest BCUT2D eigenvalue weighted by Gasteiger charge is 1.99. The fourth-order valence-corrected chi connectivity index (χ4v) is 1.98. The lowest BCUT2D eigenvalue weighted by Crippen LogP contribution is -1.96. The first-order valence-corrected chi connectivity index (χ1v) is 5.42. The van der Waals surface area contributed by atoms with Crippen molar-refractivity contribution in [1.82, 2.24) is 14.6 Å². The van der Waals surface area contributed by atoms with E-state index in [1.807, 2.05) is 12.3 Å². The first-order chi connectivity index (χ1) is 6.34. The van der Waals surface area contributed by atoms with Crippen LogP contribution in [0, 0.1) is 6.92 Å². The van der Waals surface area contributed by atoms with Crippen LogP contribution in [-0.2, 0) is 6.54 Å². The summed E-state index contributed by atoms with van der Waals surface area (Å²) in [6.45, 7) is 2.74. The Morgan fingerprint density at radius 2 is 2.46 bits per heavy atom. The highest BCUT2D eigenvalue weighted by Crippen LogP contribution is 2.15. The van der Waals surface area contributed by atoms with E-state index in [-0.39, 0.29) is 0 Å². The van der Waals surface area contributed by atoms with Gasteiger partial charge in [0, 0.05) is 5.38 Å². The summed E-state index contributed by atoms with van der Waals surface area (Å²) in [6, 6.07) is 0. The molecule has 2 rings (SSSR count). The molecule has 0 atom stereocenters. The van der Waals surface area contributed by atoms with Gasteiger partial charge in [0.15, 0.2) is 5.13 Å². The van der Waals surface area contributed by atoms with Gasteiger partial charge in [0.1, 0.15) is 0 Å². The Morgan fingerprint density at radius 1 is 1.54 bits per heavy atom. The van der Waals surface area contributed by atoms with Gasteiger partial charge < -0.3 is 5.32 Å². The van der Waals surface area contributed by atoms with Crippen LogP contribution in [0.1, 0.15) is 10.6 Å². The monoisotopic (exact) mass is 212 g/mol. The van der Waals surface area contributed by atoms with E-state index in [1.165, 1.54) is 11.5 Å². The van der Waals surface area contributed by atoms with Crippen LogP contribution in [0.2, 0.25) is 0 Å². The molecule has 0 radical (unpaired) electrons. The third-order valence-electron chi connectivity index (χ3n) is 1.44. The molecule has 68 valence electrons. The van der Waals surface area contributed by atoms with E-state index in [0.29, 0.717) is 0 Å². The Kier molecular flexibility index (Phi) is 2.51. The summed E-state index contributed by atoms with van der Waals surface area (Å²) in [7, 11) is 0. The zero-order chi connectivity index (χ0) is 9.10. The van der Waals surface area contributed by atoms with Gasteiger partial charge in [0.25, 0.3) is 0 Å². The van der Waals surface area contributed by atoms with Crippen LogP contribution in [0.3, 0.4) is 0 Å². The van der Waals surface area contributed by atoms with Crippen molar-refractivity contribution >= 4 is 28.0 Å². The lowest BCUT2D eigenvalue weighted by atomic mass is 10.5. The lowest BCUT2D eigenvalue weighted by molar-refractivity contribution is 1.11. The Morgan fingerprint density at radius 3 is 3.08 bits per heavy atom. The molecule has 0 spiro atoms. The summed E-state index contributed by atoms with van der Waals surface area (Å²) >= 11 is 3.02. The standard InChI is InChI=1S/C7H8N4S2/c1-5-4-12-7(10-5)8-2-6-3-9-11-13-6/h3-4H,2H2,1H3,(H,8,10). The molecule has 0 aliphatic heterocycles. The number of anilines is 1. The molecule has 0 bridgehead atoms. The predicted molar refractivity (Wildman–Crippen MR) is 54.1 cm³/mol. The number of hydrogen-bond donors (Lipinski definition) is 1. The van der Waals surface area contributed by atoms with Crippen LogP contribution in [-0.4, -0.2) is 14.6 Å². The zero-order valence-electron chi connectivity index (χ0n) is 7.02. The molecule has 2 heterocycles. The third-order valence-corrected chi connectivity index (χ3v) is 3.02. The largest absolute Gasteiger partial charge is 0.356 e. The molecule has 0 saturated carbocycles. The van der Waals surface area contributed by atoms with E-state index >= 15 is 0 Å². The summed E-state index contributed by atoms with van der Waals surface area (Å²) in [4.78, 5) is 5.40. The van der Waals surface area contributed by atoms with E-state index < -0.39 is 0 Å². The Balaban J connectivity index is 1.93. The van der Waals surface area contributed by atoms with Gasteiger partial charge in [-0.2, -0.15) is 0 Å². The maximum atomic E-state index is 4.28.